The normalized spacial score (nSPS) is 16.3. The summed E-state index contributed by atoms with van der Waals surface area (Å²) in [7, 11) is 3.20. The average Bonchev–Trinajstić information content (AvgIpc) is 3.22. The molecule has 9 heteroatoms. The Morgan fingerprint density at radius 1 is 1.24 bits per heavy atom. The van der Waals surface area contributed by atoms with E-state index in [9.17, 15) is 9.59 Å². The van der Waals surface area contributed by atoms with Crippen molar-refractivity contribution in [2.45, 2.75) is 25.3 Å². The maximum Gasteiger partial charge on any atom is 0.274 e. The van der Waals surface area contributed by atoms with Crippen LogP contribution in [-0.2, 0) is 9.53 Å². The van der Waals surface area contributed by atoms with E-state index in [4.69, 9.17) is 9.47 Å². The predicted octanol–water partition coefficient (Wildman–Crippen LogP) is 2.65. The summed E-state index contributed by atoms with van der Waals surface area (Å²) in [6.45, 7) is 1.43. The molecule has 3 rings (SSSR count). The van der Waals surface area contributed by atoms with Gasteiger partial charge in [0, 0.05) is 31.3 Å². The highest BCUT2D eigenvalue weighted by Gasteiger charge is 2.33. The molecule has 1 aromatic heterocycles. The second-order valence-electron chi connectivity index (χ2n) is 6.69. The molecule has 1 fully saturated rings. The van der Waals surface area contributed by atoms with Crippen molar-refractivity contribution < 1.29 is 19.1 Å². The van der Waals surface area contributed by atoms with Gasteiger partial charge >= 0.3 is 0 Å². The number of likely N-dealkylation sites (tertiary alicyclic amines) is 1. The molecule has 2 heterocycles. The van der Waals surface area contributed by atoms with Crippen LogP contribution in [0.1, 0.15) is 29.8 Å². The van der Waals surface area contributed by atoms with Crippen LogP contribution >= 0.6 is 11.3 Å². The quantitative estimate of drug-likeness (QED) is 0.641. The van der Waals surface area contributed by atoms with Gasteiger partial charge in [-0.25, -0.2) is 4.98 Å². The number of piperidine rings is 1. The van der Waals surface area contributed by atoms with Gasteiger partial charge in [-0.2, -0.15) is 0 Å². The second kappa shape index (κ2) is 10.2. The van der Waals surface area contributed by atoms with Gasteiger partial charge in [-0.05, 0) is 43.5 Å². The van der Waals surface area contributed by atoms with Crippen LogP contribution in [0.2, 0.25) is 0 Å². The van der Waals surface area contributed by atoms with Crippen LogP contribution in [0.15, 0.2) is 29.6 Å². The Hall–Kier alpha value is -2.65. The summed E-state index contributed by atoms with van der Waals surface area (Å²) < 4.78 is 10.1. The molecule has 0 bridgehead atoms. The molecular formula is C20H26N4O4S. The highest BCUT2D eigenvalue weighted by atomic mass is 32.1. The molecule has 0 radical (unpaired) electrons. The van der Waals surface area contributed by atoms with E-state index in [1.165, 1.54) is 11.3 Å². The van der Waals surface area contributed by atoms with Crippen molar-refractivity contribution in [3.05, 3.63) is 35.3 Å². The number of anilines is 2. The lowest BCUT2D eigenvalue weighted by molar-refractivity contribution is -0.126. The van der Waals surface area contributed by atoms with Crippen LogP contribution in [0.5, 0.6) is 5.75 Å². The lowest BCUT2D eigenvalue weighted by Gasteiger charge is -2.34. The monoisotopic (exact) mass is 418 g/mol. The van der Waals surface area contributed by atoms with E-state index in [2.05, 4.69) is 15.6 Å². The zero-order chi connectivity index (χ0) is 20.6. The fourth-order valence-corrected chi connectivity index (χ4v) is 3.92. The van der Waals surface area contributed by atoms with Crippen LogP contribution in [0.3, 0.4) is 0 Å². The maximum absolute atomic E-state index is 13.0. The van der Waals surface area contributed by atoms with Crippen molar-refractivity contribution in [1.29, 1.82) is 0 Å². The maximum atomic E-state index is 13.0. The van der Waals surface area contributed by atoms with Gasteiger partial charge in [-0.3, -0.25) is 9.59 Å². The van der Waals surface area contributed by atoms with Crippen molar-refractivity contribution in [1.82, 2.24) is 15.2 Å². The van der Waals surface area contributed by atoms with Crippen LogP contribution in [0, 0.1) is 0 Å². The summed E-state index contributed by atoms with van der Waals surface area (Å²) in [4.78, 5) is 31.6. The molecule has 2 aromatic rings. The molecule has 0 spiro atoms. The lowest BCUT2D eigenvalue weighted by Crippen LogP contribution is -2.52. The summed E-state index contributed by atoms with van der Waals surface area (Å²) in [5.74, 6) is 0.419. The van der Waals surface area contributed by atoms with Gasteiger partial charge in [-0.15, -0.1) is 11.3 Å². The number of amides is 2. The van der Waals surface area contributed by atoms with Gasteiger partial charge in [0.1, 0.15) is 17.5 Å². The third-order valence-electron chi connectivity index (χ3n) is 4.74. The summed E-state index contributed by atoms with van der Waals surface area (Å²) in [5.41, 5.74) is 1.20. The molecule has 156 valence electrons. The Morgan fingerprint density at radius 2 is 2.03 bits per heavy atom. The molecule has 1 unspecified atom stereocenters. The molecule has 2 N–H and O–H groups in total. The number of nitrogens with zero attached hydrogens (tertiary/aromatic N) is 2. The molecule has 0 aliphatic carbocycles. The Bertz CT molecular complexity index is 824. The van der Waals surface area contributed by atoms with E-state index >= 15 is 0 Å². The molecule has 29 heavy (non-hydrogen) atoms. The molecule has 2 amide bonds. The van der Waals surface area contributed by atoms with Crippen molar-refractivity contribution in [2.24, 2.45) is 0 Å². The fraction of sp³-hybridized carbons (Fsp3) is 0.450. The highest BCUT2D eigenvalue weighted by molar-refractivity contribution is 7.14. The lowest BCUT2D eigenvalue weighted by atomic mass is 10.0. The molecule has 1 aromatic carbocycles. The van der Waals surface area contributed by atoms with Crippen molar-refractivity contribution in [2.75, 3.05) is 39.2 Å². The number of carbonyl (C=O) groups is 2. The third kappa shape index (κ3) is 5.45. The topological polar surface area (TPSA) is 92.8 Å². The summed E-state index contributed by atoms with van der Waals surface area (Å²) in [6.07, 6.45) is 2.47. The van der Waals surface area contributed by atoms with Gasteiger partial charge in [-0.1, -0.05) is 0 Å². The van der Waals surface area contributed by atoms with E-state index in [0.717, 1.165) is 24.3 Å². The fourth-order valence-electron chi connectivity index (χ4n) is 3.22. The smallest absolute Gasteiger partial charge is 0.274 e. The van der Waals surface area contributed by atoms with Gasteiger partial charge in [0.15, 0.2) is 5.13 Å². The summed E-state index contributed by atoms with van der Waals surface area (Å²) in [6, 6.07) is 7.00. The number of rotatable bonds is 8. The Labute approximate surface area is 174 Å². The van der Waals surface area contributed by atoms with Crippen LogP contribution < -0.4 is 15.4 Å². The number of aromatic nitrogens is 1. The molecular weight excluding hydrogens is 392 g/mol. The molecule has 8 nitrogen and oxygen atoms in total. The molecule has 1 saturated heterocycles. The van der Waals surface area contributed by atoms with Gasteiger partial charge in [0.25, 0.3) is 5.91 Å². The first-order valence-corrected chi connectivity index (χ1v) is 10.4. The van der Waals surface area contributed by atoms with E-state index in [0.29, 0.717) is 36.9 Å². The number of carbonyl (C=O) groups excluding carboxylic acids is 2. The number of thiazole rings is 1. The number of ether oxygens (including phenoxy) is 2. The largest absolute Gasteiger partial charge is 0.497 e. The Balaban J connectivity index is 1.65. The number of hydrogen-bond acceptors (Lipinski definition) is 7. The molecule has 1 aliphatic rings. The number of nitrogens with one attached hydrogen (secondary N) is 2. The highest BCUT2D eigenvalue weighted by Crippen LogP contribution is 2.25. The first-order valence-electron chi connectivity index (χ1n) is 9.56. The second-order valence-corrected chi connectivity index (χ2v) is 7.54. The molecule has 1 atom stereocenters. The zero-order valence-electron chi connectivity index (χ0n) is 16.6. The van der Waals surface area contributed by atoms with E-state index in [1.54, 1.807) is 24.5 Å². The predicted molar refractivity (Wildman–Crippen MR) is 112 cm³/mol. The number of hydrogen-bond donors (Lipinski definition) is 2. The first kappa shape index (κ1) is 21.1. The van der Waals surface area contributed by atoms with E-state index in [1.807, 2.05) is 24.3 Å². The average molecular weight is 419 g/mol. The molecule has 1 aliphatic heterocycles. The number of methoxy groups -OCH3 is 2. The summed E-state index contributed by atoms with van der Waals surface area (Å²) in [5, 5.41) is 8.38. The standard InChI is InChI=1S/C20H26N4O4S/c1-27-12-10-21-18(25)17-5-3-4-11-24(17)19(26)16-13-29-20(23-16)22-14-6-8-15(28-2)9-7-14/h6-9,13,17H,3-5,10-12H2,1-2H3,(H,21,25)(H,22,23). The van der Waals surface area contributed by atoms with Crippen molar-refractivity contribution in [3.63, 3.8) is 0 Å². The van der Waals surface area contributed by atoms with Gasteiger partial charge in [0.05, 0.1) is 13.7 Å². The van der Waals surface area contributed by atoms with Crippen molar-refractivity contribution in [3.8, 4) is 5.75 Å². The first-order chi connectivity index (χ1) is 14.1. The zero-order valence-corrected chi connectivity index (χ0v) is 17.5. The minimum Gasteiger partial charge on any atom is -0.497 e. The van der Waals surface area contributed by atoms with E-state index in [-0.39, 0.29) is 11.8 Å². The van der Waals surface area contributed by atoms with Crippen LogP contribution in [0.25, 0.3) is 0 Å². The van der Waals surface area contributed by atoms with Crippen LogP contribution in [-0.4, -0.2) is 61.7 Å². The van der Waals surface area contributed by atoms with E-state index < -0.39 is 6.04 Å². The van der Waals surface area contributed by atoms with Gasteiger partial charge in [0.2, 0.25) is 5.91 Å². The summed E-state index contributed by atoms with van der Waals surface area (Å²) >= 11 is 1.36. The Kier molecular flexibility index (Phi) is 7.42. The third-order valence-corrected chi connectivity index (χ3v) is 5.49. The molecule has 0 saturated carbocycles. The minimum atomic E-state index is -0.465. The van der Waals surface area contributed by atoms with Crippen LogP contribution in [0.4, 0.5) is 10.8 Å². The van der Waals surface area contributed by atoms with Gasteiger partial charge < -0.3 is 25.0 Å². The SMILES string of the molecule is COCCNC(=O)C1CCCCN1C(=O)c1csc(Nc2ccc(OC)cc2)n1. The van der Waals surface area contributed by atoms with Crippen molar-refractivity contribution >= 4 is 34.0 Å². The number of benzene rings is 1. The Morgan fingerprint density at radius 3 is 2.76 bits per heavy atom. The minimum absolute atomic E-state index is 0.137.